The van der Waals surface area contributed by atoms with E-state index in [0.29, 0.717) is 13.1 Å². The lowest BCUT2D eigenvalue weighted by Crippen LogP contribution is -2.43. The van der Waals surface area contributed by atoms with Crippen molar-refractivity contribution in [1.29, 1.82) is 0 Å². The Hall–Kier alpha value is -5.69. The average molecular weight is 655 g/mol. The molecule has 250 valence electrons. The van der Waals surface area contributed by atoms with Crippen molar-refractivity contribution in [1.82, 2.24) is 30.5 Å². The van der Waals surface area contributed by atoms with Crippen molar-refractivity contribution in [3.8, 4) is 11.1 Å². The highest BCUT2D eigenvalue weighted by Crippen LogP contribution is 2.44. The second kappa shape index (κ2) is 15.3. The zero-order valence-corrected chi connectivity index (χ0v) is 26.8. The summed E-state index contributed by atoms with van der Waals surface area (Å²) < 4.78 is 7.84. The largest absolute Gasteiger partial charge is 0.480 e. The van der Waals surface area contributed by atoms with E-state index >= 15 is 0 Å². The Morgan fingerprint density at radius 3 is 1.98 bits per heavy atom. The smallest absolute Gasteiger partial charge is 0.424 e. The number of fused-ring (bicyclic) bond motifs is 4. The molecule has 1 aliphatic carbocycles. The number of nitrogens with one attached hydrogen (secondary N) is 3. The normalized spacial score (nSPS) is 11.9. The molecule has 4 amide bonds. The van der Waals surface area contributed by atoms with Crippen molar-refractivity contribution < 1.29 is 33.8 Å². The Morgan fingerprint density at radius 1 is 0.771 bits per heavy atom. The summed E-state index contributed by atoms with van der Waals surface area (Å²) in [6.07, 6.45) is -0.414. The number of hydrogen-bond donors (Lipinski definition) is 4. The highest BCUT2D eigenvalue weighted by atomic mass is 16.6. The molecule has 0 atom stereocenters. The number of benzene rings is 3. The van der Waals surface area contributed by atoms with Gasteiger partial charge in [-0.25, -0.2) is 14.8 Å². The molecule has 0 aliphatic heterocycles. The van der Waals surface area contributed by atoms with Crippen LogP contribution in [0.5, 0.6) is 0 Å². The van der Waals surface area contributed by atoms with Crippen LogP contribution in [0.15, 0.2) is 78.9 Å². The number of carbonyl (C=O) groups is 5. The fourth-order valence-corrected chi connectivity index (χ4v) is 5.79. The van der Waals surface area contributed by atoms with Crippen LogP contribution < -0.4 is 16.0 Å². The van der Waals surface area contributed by atoms with Crippen molar-refractivity contribution in [2.45, 2.75) is 25.4 Å². The van der Waals surface area contributed by atoms with Gasteiger partial charge in [-0.2, -0.15) is 0 Å². The summed E-state index contributed by atoms with van der Waals surface area (Å²) in [6.45, 7) is -0.421. The number of para-hydroxylation sites is 1. The molecule has 0 unspecified atom stereocenters. The van der Waals surface area contributed by atoms with E-state index in [2.05, 4.69) is 40.2 Å². The van der Waals surface area contributed by atoms with Crippen molar-refractivity contribution in [2.75, 3.05) is 40.3 Å². The molecule has 0 fully saturated rings. The molecule has 5 rings (SSSR count). The quantitative estimate of drug-likeness (QED) is 0.151. The van der Waals surface area contributed by atoms with Crippen LogP contribution in [-0.4, -0.2) is 89.8 Å². The second-order valence-electron chi connectivity index (χ2n) is 11.5. The monoisotopic (exact) mass is 654 g/mol. The van der Waals surface area contributed by atoms with E-state index in [1.807, 2.05) is 59.2 Å². The second-order valence-corrected chi connectivity index (χ2v) is 11.5. The van der Waals surface area contributed by atoms with Gasteiger partial charge in [-0.05, 0) is 39.8 Å². The summed E-state index contributed by atoms with van der Waals surface area (Å²) in [5.41, 5.74) is 6.37. The van der Waals surface area contributed by atoms with E-state index in [-0.39, 0.29) is 31.4 Å². The van der Waals surface area contributed by atoms with Gasteiger partial charge in [-0.15, -0.1) is 0 Å². The minimum atomic E-state index is -1.20. The number of hydrogen-bond acceptors (Lipinski definition) is 7. The predicted molar refractivity (Wildman–Crippen MR) is 178 cm³/mol. The van der Waals surface area contributed by atoms with Gasteiger partial charge in [0.25, 0.3) is 0 Å². The minimum absolute atomic E-state index is 0.0527. The first-order valence-corrected chi connectivity index (χ1v) is 15.5. The number of rotatable bonds is 14. The van der Waals surface area contributed by atoms with Gasteiger partial charge in [0.15, 0.2) is 0 Å². The van der Waals surface area contributed by atoms with Gasteiger partial charge in [-0.3, -0.25) is 19.2 Å². The summed E-state index contributed by atoms with van der Waals surface area (Å²) in [5, 5.41) is 19.8. The molecule has 13 nitrogen and oxygen atoms in total. The molecule has 0 saturated heterocycles. The molecule has 4 N–H and O–H groups in total. The summed E-state index contributed by atoms with van der Waals surface area (Å²) in [4.78, 5) is 60.0. The van der Waals surface area contributed by atoms with E-state index < -0.39 is 37.0 Å². The van der Waals surface area contributed by atoms with Crippen LogP contribution in [0.3, 0.4) is 0 Å². The number of hydrazine groups is 1. The van der Waals surface area contributed by atoms with Crippen molar-refractivity contribution in [3.05, 3.63) is 95.7 Å². The molecule has 1 aromatic heterocycles. The number of carbonyl (C=O) groups excluding carboxylic acids is 4. The minimum Gasteiger partial charge on any atom is -0.480 e. The third kappa shape index (κ3) is 7.99. The molecule has 1 aliphatic rings. The standard InChI is InChI=1S/C35H38N6O7/c1-39(40(2)35(47)48-22-29-27-12-6-4-10-25(27)26-11-5-7-13-28(26)29)21-24-17-23-9-3-8-14-30(23)41(24)16-15-31(42)36-18-32(43)37-19-33(44)38-20-34(45)46/h3-14,17,29H,15-16,18-22H2,1-2H3,(H,36,42)(H,37,43)(H,38,44)(H,45,46). The maximum atomic E-state index is 13.2. The van der Waals surface area contributed by atoms with E-state index in [4.69, 9.17) is 9.84 Å². The summed E-state index contributed by atoms with van der Waals surface area (Å²) in [6, 6.07) is 26.1. The van der Waals surface area contributed by atoms with Gasteiger partial charge < -0.3 is 30.4 Å². The first kappa shape index (κ1) is 33.7. The number of amides is 4. The maximum Gasteiger partial charge on any atom is 0.424 e. The third-order valence-electron chi connectivity index (χ3n) is 8.29. The molecule has 3 aromatic carbocycles. The number of nitrogens with zero attached hydrogens (tertiary/aromatic N) is 3. The number of ether oxygens (including phenoxy) is 1. The lowest BCUT2D eigenvalue weighted by Gasteiger charge is -2.28. The number of aliphatic carboxylic acids is 1. The lowest BCUT2D eigenvalue weighted by atomic mass is 9.98. The van der Waals surface area contributed by atoms with Gasteiger partial charge in [0.05, 0.1) is 19.6 Å². The fourth-order valence-electron chi connectivity index (χ4n) is 5.79. The Kier molecular flexibility index (Phi) is 10.7. The zero-order valence-electron chi connectivity index (χ0n) is 26.8. The average Bonchev–Trinajstić information content (AvgIpc) is 3.60. The molecule has 0 spiro atoms. The molecule has 0 bridgehead atoms. The zero-order chi connectivity index (χ0) is 34.2. The number of aromatic nitrogens is 1. The lowest BCUT2D eigenvalue weighted by molar-refractivity contribution is -0.137. The molecule has 0 radical (unpaired) electrons. The third-order valence-corrected chi connectivity index (χ3v) is 8.29. The maximum absolute atomic E-state index is 13.2. The van der Waals surface area contributed by atoms with Crippen molar-refractivity contribution >= 4 is 40.7 Å². The van der Waals surface area contributed by atoms with Crippen LogP contribution in [0.2, 0.25) is 0 Å². The SMILES string of the molecule is CN(Cc1cc2ccccc2n1CCC(=O)NCC(=O)NCC(=O)NCC(=O)O)N(C)C(=O)OCC1c2ccccc2-c2ccccc21. The fraction of sp³-hybridized carbons (Fsp3) is 0.286. The Bertz CT molecular complexity index is 1790. The van der Waals surface area contributed by atoms with Crippen LogP contribution in [0.1, 0.15) is 29.2 Å². The van der Waals surface area contributed by atoms with Crippen molar-refractivity contribution in [3.63, 3.8) is 0 Å². The first-order valence-electron chi connectivity index (χ1n) is 15.5. The van der Waals surface area contributed by atoms with Crippen LogP contribution in [0, 0.1) is 0 Å². The van der Waals surface area contributed by atoms with E-state index in [9.17, 15) is 24.0 Å². The summed E-state index contributed by atoms with van der Waals surface area (Å²) >= 11 is 0. The molecule has 4 aromatic rings. The molecular weight excluding hydrogens is 616 g/mol. The number of carboxylic acids is 1. The topological polar surface area (TPSA) is 162 Å². The summed E-state index contributed by atoms with van der Waals surface area (Å²) in [5.74, 6) is -2.86. The van der Waals surface area contributed by atoms with Gasteiger partial charge >= 0.3 is 12.1 Å². The molecule has 48 heavy (non-hydrogen) atoms. The molecular formula is C35H38N6O7. The number of carboxylic acid groups (broad SMARTS) is 1. The van der Waals surface area contributed by atoms with E-state index in [1.165, 1.54) is 5.01 Å². The van der Waals surface area contributed by atoms with Crippen molar-refractivity contribution in [2.24, 2.45) is 0 Å². The van der Waals surface area contributed by atoms with Crippen LogP contribution in [-0.2, 0) is 37.0 Å². The highest BCUT2D eigenvalue weighted by Gasteiger charge is 2.30. The number of aryl methyl sites for hydroxylation is 1. The van der Waals surface area contributed by atoms with Gasteiger partial charge in [0, 0.05) is 44.2 Å². The van der Waals surface area contributed by atoms with E-state index in [0.717, 1.165) is 38.9 Å². The van der Waals surface area contributed by atoms with Crippen LogP contribution in [0.25, 0.3) is 22.0 Å². The molecule has 13 heteroatoms. The Labute approximate surface area is 277 Å². The van der Waals surface area contributed by atoms with Crippen LogP contribution in [0.4, 0.5) is 4.79 Å². The Balaban J connectivity index is 1.15. The van der Waals surface area contributed by atoms with E-state index in [1.54, 1.807) is 19.1 Å². The van der Waals surface area contributed by atoms with Gasteiger partial charge in [0.2, 0.25) is 17.7 Å². The van der Waals surface area contributed by atoms with Gasteiger partial charge in [0.1, 0.15) is 13.2 Å². The Morgan fingerprint density at radius 2 is 1.33 bits per heavy atom. The van der Waals surface area contributed by atoms with Gasteiger partial charge in [-0.1, -0.05) is 66.7 Å². The van der Waals surface area contributed by atoms with Crippen LogP contribution >= 0.6 is 0 Å². The molecule has 1 heterocycles. The predicted octanol–water partition coefficient (Wildman–Crippen LogP) is 2.69. The highest BCUT2D eigenvalue weighted by molar-refractivity contribution is 5.89. The first-order chi connectivity index (χ1) is 23.1. The summed E-state index contributed by atoms with van der Waals surface area (Å²) in [7, 11) is 3.44. The molecule has 0 saturated carbocycles.